The van der Waals surface area contributed by atoms with Crippen molar-refractivity contribution >= 4 is 28.7 Å². The van der Waals surface area contributed by atoms with Gasteiger partial charge < -0.3 is 23.7 Å². The zero-order valence-electron chi connectivity index (χ0n) is 12.8. The van der Waals surface area contributed by atoms with Crippen LogP contribution in [0.25, 0.3) is 11.0 Å². The highest BCUT2D eigenvalue weighted by Gasteiger charge is 2.22. The average molecular weight is 330 g/mol. The van der Waals surface area contributed by atoms with Gasteiger partial charge in [-0.25, -0.2) is 4.79 Å². The largest absolute Gasteiger partial charge is 0.450 e. The number of hydrogen-bond donors (Lipinski definition) is 1. The minimum Gasteiger partial charge on any atom is -0.450 e. The van der Waals surface area contributed by atoms with Crippen molar-refractivity contribution in [3.63, 3.8) is 0 Å². The number of aromatic nitrogens is 1. The van der Waals surface area contributed by atoms with Crippen molar-refractivity contribution in [3.8, 4) is 0 Å². The molecule has 3 aromatic rings. The number of fused-ring (bicyclic) bond motifs is 1. The van der Waals surface area contributed by atoms with E-state index >= 15 is 0 Å². The molecule has 0 saturated heterocycles. The van der Waals surface area contributed by atoms with Crippen LogP contribution in [0, 0.1) is 0 Å². The zero-order valence-corrected chi connectivity index (χ0v) is 12.8. The summed E-state index contributed by atoms with van der Waals surface area (Å²) in [5.41, 5.74) is 1.12. The Morgan fingerprint density at radius 2 is 2.08 bits per heavy atom. The van der Waals surface area contributed by atoms with Gasteiger partial charge in [0.2, 0.25) is 5.76 Å². The van der Waals surface area contributed by atoms with E-state index in [4.69, 9.17) is 13.9 Å². The van der Waals surface area contributed by atoms with Crippen LogP contribution in [-0.2, 0) is 20.9 Å². The van der Waals surface area contributed by atoms with E-state index in [-0.39, 0.29) is 18.2 Å². The molecule has 124 valence electrons. The quantitative estimate of drug-likeness (QED) is 0.692. The lowest BCUT2D eigenvalue weighted by atomic mass is 10.1. The first-order valence-electron chi connectivity index (χ1n) is 7.05. The Labute approximate surface area is 136 Å². The van der Waals surface area contributed by atoms with Crippen LogP contribution >= 0.6 is 0 Å². The minimum atomic E-state index is -0.742. The van der Waals surface area contributed by atoms with Gasteiger partial charge in [-0.05, 0) is 6.07 Å². The molecule has 0 atom stereocenters. The van der Waals surface area contributed by atoms with E-state index in [1.54, 1.807) is 12.1 Å². The minimum absolute atomic E-state index is 0.0206. The summed E-state index contributed by atoms with van der Waals surface area (Å²) in [5.74, 6) is -1.03. The number of benzene rings is 1. The molecule has 1 aromatic carbocycles. The molecule has 1 amide bonds. The third-order valence-corrected chi connectivity index (χ3v) is 3.21. The van der Waals surface area contributed by atoms with Gasteiger partial charge in [-0.15, -0.1) is 0 Å². The summed E-state index contributed by atoms with van der Waals surface area (Å²) in [5, 5.41) is 6.71. The number of nitrogens with zero attached hydrogens (tertiary/aromatic N) is 1. The Hall–Kier alpha value is -3.13. The van der Waals surface area contributed by atoms with Crippen LogP contribution in [0.2, 0.25) is 0 Å². The Balaban J connectivity index is 1.71. The fraction of sp³-hybridized carbons (Fsp3) is 0.188. The first-order chi connectivity index (χ1) is 11.7. The van der Waals surface area contributed by atoms with Gasteiger partial charge in [0.25, 0.3) is 5.91 Å². The van der Waals surface area contributed by atoms with Crippen LogP contribution in [0.5, 0.6) is 0 Å². The van der Waals surface area contributed by atoms with Gasteiger partial charge in [-0.1, -0.05) is 23.4 Å². The van der Waals surface area contributed by atoms with Crippen LogP contribution in [0.1, 0.15) is 16.1 Å². The standard InChI is InChI=1S/C16H14N2O6/c1-21-8-11-10-4-2-3-5-12(10)24-15(11)16(20)22-9-14(19)17-13-6-7-23-18-13/h2-7H,8-9H2,1H3,(H,17,18,19). The second kappa shape index (κ2) is 6.97. The average Bonchev–Trinajstić information content (AvgIpc) is 3.21. The van der Waals surface area contributed by atoms with Crippen LogP contribution in [0.3, 0.4) is 0 Å². The Kier molecular flexibility index (Phi) is 4.57. The molecule has 0 bridgehead atoms. The van der Waals surface area contributed by atoms with Crippen LogP contribution < -0.4 is 5.32 Å². The first kappa shape index (κ1) is 15.8. The molecule has 0 aliphatic rings. The van der Waals surface area contributed by atoms with Gasteiger partial charge in [0.1, 0.15) is 11.8 Å². The maximum atomic E-state index is 12.2. The summed E-state index contributed by atoms with van der Waals surface area (Å²) >= 11 is 0. The number of ether oxygens (including phenoxy) is 2. The zero-order chi connectivity index (χ0) is 16.9. The molecule has 0 fully saturated rings. The topological polar surface area (TPSA) is 104 Å². The lowest BCUT2D eigenvalue weighted by Gasteiger charge is -2.04. The smallest absolute Gasteiger partial charge is 0.375 e. The molecule has 24 heavy (non-hydrogen) atoms. The predicted molar refractivity (Wildman–Crippen MR) is 82.3 cm³/mol. The lowest BCUT2D eigenvalue weighted by Crippen LogP contribution is -2.21. The SMILES string of the molecule is COCc1c(C(=O)OCC(=O)Nc2ccon2)oc2ccccc12. The Bertz CT molecular complexity index is 853. The van der Waals surface area contributed by atoms with Crippen molar-refractivity contribution < 1.29 is 28.0 Å². The number of hydrogen-bond acceptors (Lipinski definition) is 7. The number of carbonyl (C=O) groups excluding carboxylic acids is 2. The summed E-state index contributed by atoms with van der Waals surface area (Å²) in [6.45, 7) is -0.290. The molecule has 0 saturated carbocycles. The molecule has 0 radical (unpaired) electrons. The molecule has 1 N–H and O–H groups in total. The first-order valence-corrected chi connectivity index (χ1v) is 7.05. The van der Waals surface area contributed by atoms with E-state index in [1.807, 2.05) is 12.1 Å². The number of esters is 1. The van der Waals surface area contributed by atoms with Crippen LogP contribution in [0.4, 0.5) is 5.82 Å². The van der Waals surface area contributed by atoms with E-state index in [1.165, 1.54) is 19.4 Å². The molecular formula is C16H14N2O6. The number of amides is 1. The monoisotopic (exact) mass is 330 g/mol. The highest BCUT2D eigenvalue weighted by atomic mass is 16.5. The highest BCUT2D eigenvalue weighted by Crippen LogP contribution is 2.27. The van der Waals surface area contributed by atoms with Crippen molar-refractivity contribution in [2.24, 2.45) is 0 Å². The van der Waals surface area contributed by atoms with Crippen molar-refractivity contribution in [3.05, 3.63) is 47.9 Å². The lowest BCUT2D eigenvalue weighted by molar-refractivity contribution is -0.119. The maximum absolute atomic E-state index is 12.2. The van der Waals surface area contributed by atoms with Crippen LogP contribution in [0.15, 0.2) is 45.5 Å². The summed E-state index contributed by atoms with van der Waals surface area (Å²) in [4.78, 5) is 23.9. The molecule has 0 unspecified atom stereocenters. The number of nitrogens with one attached hydrogen (secondary N) is 1. The summed E-state index contributed by atoms with van der Waals surface area (Å²) in [6.07, 6.45) is 1.31. The third kappa shape index (κ3) is 3.28. The second-order valence-corrected chi connectivity index (χ2v) is 4.85. The summed E-state index contributed by atoms with van der Waals surface area (Å²) in [6, 6.07) is 8.65. The van der Waals surface area contributed by atoms with Gasteiger partial charge >= 0.3 is 5.97 Å². The van der Waals surface area contributed by atoms with Gasteiger partial charge in [0.15, 0.2) is 12.4 Å². The molecule has 8 nitrogen and oxygen atoms in total. The summed E-state index contributed by atoms with van der Waals surface area (Å²) < 4.78 is 20.2. The molecule has 2 heterocycles. The number of anilines is 1. The molecule has 0 aliphatic heterocycles. The Morgan fingerprint density at radius 1 is 1.25 bits per heavy atom. The fourth-order valence-corrected chi connectivity index (χ4v) is 2.20. The highest BCUT2D eigenvalue weighted by molar-refractivity contribution is 5.98. The van der Waals surface area contributed by atoms with Crippen molar-refractivity contribution in [2.45, 2.75) is 6.61 Å². The van der Waals surface area contributed by atoms with Crippen molar-refractivity contribution in [1.82, 2.24) is 5.16 Å². The van der Waals surface area contributed by atoms with E-state index in [0.29, 0.717) is 11.1 Å². The number of rotatable bonds is 6. The summed E-state index contributed by atoms with van der Waals surface area (Å²) in [7, 11) is 1.52. The van der Waals surface area contributed by atoms with Gasteiger partial charge in [0.05, 0.1) is 6.61 Å². The molecule has 2 aromatic heterocycles. The number of furan rings is 1. The second-order valence-electron chi connectivity index (χ2n) is 4.85. The van der Waals surface area contributed by atoms with Gasteiger partial charge in [-0.3, -0.25) is 4.79 Å². The van der Waals surface area contributed by atoms with E-state index in [2.05, 4.69) is 15.0 Å². The predicted octanol–water partition coefficient (Wildman–Crippen LogP) is 2.36. The molecule has 0 spiro atoms. The number of para-hydroxylation sites is 1. The molecule has 8 heteroatoms. The van der Waals surface area contributed by atoms with Gasteiger partial charge in [-0.2, -0.15) is 0 Å². The maximum Gasteiger partial charge on any atom is 0.375 e. The van der Waals surface area contributed by atoms with E-state index < -0.39 is 18.5 Å². The van der Waals surface area contributed by atoms with Crippen molar-refractivity contribution in [1.29, 1.82) is 0 Å². The van der Waals surface area contributed by atoms with E-state index in [0.717, 1.165) is 5.39 Å². The van der Waals surface area contributed by atoms with Crippen molar-refractivity contribution in [2.75, 3.05) is 19.0 Å². The normalized spacial score (nSPS) is 10.7. The third-order valence-electron chi connectivity index (χ3n) is 3.21. The number of methoxy groups -OCH3 is 1. The molecule has 3 rings (SSSR count). The van der Waals surface area contributed by atoms with Crippen LogP contribution in [-0.4, -0.2) is 30.7 Å². The fourth-order valence-electron chi connectivity index (χ4n) is 2.20. The molecule has 0 aliphatic carbocycles. The van der Waals surface area contributed by atoms with E-state index in [9.17, 15) is 9.59 Å². The molecular weight excluding hydrogens is 316 g/mol. The van der Waals surface area contributed by atoms with Gasteiger partial charge in [0, 0.05) is 24.1 Å². The Morgan fingerprint density at radius 3 is 2.83 bits per heavy atom. The number of carbonyl (C=O) groups is 2.